The van der Waals surface area contributed by atoms with Gasteiger partial charge in [0.15, 0.2) is 0 Å². The largest absolute Gasteiger partial charge is 0.283 e. The fourth-order valence-electron chi connectivity index (χ4n) is 0.608. The molecule has 8 heavy (non-hydrogen) atoms. The van der Waals surface area contributed by atoms with Crippen molar-refractivity contribution < 1.29 is 0 Å². The summed E-state index contributed by atoms with van der Waals surface area (Å²) >= 11 is 0. The van der Waals surface area contributed by atoms with Crippen LogP contribution in [0.3, 0.4) is 0 Å². The number of hydrogen-bond donors (Lipinski definition) is 2. The summed E-state index contributed by atoms with van der Waals surface area (Å²) in [7, 11) is 1.83. The third-order valence-electron chi connectivity index (χ3n) is 0.946. The van der Waals surface area contributed by atoms with Crippen LogP contribution in [0, 0.1) is 0 Å². The first-order chi connectivity index (χ1) is 3.93. The molecule has 0 atom stereocenters. The summed E-state index contributed by atoms with van der Waals surface area (Å²) in [5.74, 6) is 0. The molecular weight excluding hydrogens is 104 g/mol. The van der Waals surface area contributed by atoms with Gasteiger partial charge in [0.25, 0.3) is 0 Å². The van der Waals surface area contributed by atoms with Crippen molar-refractivity contribution in [3.8, 4) is 0 Å². The Hall–Kier alpha value is -0.610. The summed E-state index contributed by atoms with van der Waals surface area (Å²) in [5.41, 5.74) is 5.67. The van der Waals surface area contributed by atoms with E-state index in [9.17, 15) is 0 Å². The molecule has 1 heterocycles. The summed E-state index contributed by atoms with van der Waals surface area (Å²) in [5, 5.41) is 1.89. The highest BCUT2D eigenvalue weighted by atomic mass is 15.7. The van der Waals surface area contributed by atoms with Crippen molar-refractivity contribution in [3.63, 3.8) is 0 Å². The second-order valence-corrected chi connectivity index (χ2v) is 1.58. The Bertz CT molecular complexity index is 90.0. The van der Waals surface area contributed by atoms with Crippen LogP contribution in [0.25, 0.3) is 0 Å². The van der Waals surface area contributed by atoms with Gasteiger partial charge in [-0.3, -0.25) is 10.0 Å². The number of nitrogens with one attached hydrogen (secondary N) is 2. The number of rotatable bonds is 2. The molecule has 46 valence electrons. The molecule has 0 fully saturated rings. The van der Waals surface area contributed by atoms with E-state index < -0.39 is 0 Å². The van der Waals surface area contributed by atoms with E-state index in [-0.39, 0.29) is 0 Å². The molecule has 1 aliphatic heterocycles. The fourth-order valence-corrected chi connectivity index (χ4v) is 0.608. The maximum atomic E-state index is 3.98. The van der Waals surface area contributed by atoms with Crippen molar-refractivity contribution in [3.05, 3.63) is 0 Å². The van der Waals surface area contributed by atoms with Crippen LogP contribution in [0.1, 0.15) is 0 Å². The van der Waals surface area contributed by atoms with Gasteiger partial charge < -0.3 is 0 Å². The molecule has 1 rings (SSSR count). The molecule has 0 bridgehead atoms. The lowest BCUT2D eigenvalue weighted by Gasteiger charge is -2.12. The molecule has 0 saturated carbocycles. The molecule has 0 saturated heterocycles. The molecule has 0 amide bonds. The Balaban J connectivity index is 2.16. The molecule has 0 aromatic carbocycles. The van der Waals surface area contributed by atoms with Crippen LogP contribution < -0.4 is 11.0 Å². The van der Waals surface area contributed by atoms with Crippen molar-refractivity contribution in [2.75, 3.05) is 20.1 Å². The molecule has 0 aromatic rings. The van der Waals surface area contributed by atoms with Gasteiger partial charge in [0.05, 0.1) is 13.1 Å². The monoisotopic (exact) mass is 114 g/mol. The highest BCUT2D eigenvalue weighted by molar-refractivity contribution is 5.56. The van der Waals surface area contributed by atoms with E-state index in [1.54, 1.807) is 6.34 Å². The standard InChI is InChI=1S/C4H10N4/c1-5-7-8-3-2-6-4-8/h4-5,7H,2-3H2,1H3. The minimum Gasteiger partial charge on any atom is -0.283 e. The number of hydrazine groups is 2. The van der Waals surface area contributed by atoms with E-state index in [1.165, 1.54) is 0 Å². The zero-order valence-electron chi connectivity index (χ0n) is 4.89. The molecule has 1 aliphatic rings. The van der Waals surface area contributed by atoms with Crippen LogP contribution in [-0.4, -0.2) is 31.5 Å². The number of nitrogens with zero attached hydrogens (tertiary/aromatic N) is 2. The van der Waals surface area contributed by atoms with Crippen LogP contribution in [0.2, 0.25) is 0 Å². The first-order valence-corrected chi connectivity index (χ1v) is 2.62. The third-order valence-corrected chi connectivity index (χ3v) is 0.946. The minimum absolute atomic E-state index is 0.898. The van der Waals surface area contributed by atoms with Gasteiger partial charge in [0, 0.05) is 7.05 Å². The first-order valence-electron chi connectivity index (χ1n) is 2.62. The minimum atomic E-state index is 0.898. The van der Waals surface area contributed by atoms with Crippen LogP contribution in [-0.2, 0) is 0 Å². The summed E-state index contributed by atoms with van der Waals surface area (Å²) in [6.07, 6.45) is 1.77. The van der Waals surface area contributed by atoms with Crippen molar-refractivity contribution in [2.45, 2.75) is 0 Å². The van der Waals surface area contributed by atoms with Crippen molar-refractivity contribution >= 4 is 6.34 Å². The zero-order valence-corrected chi connectivity index (χ0v) is 4.89. The lowest BCUT2D eigenvalue weighted by atomic mass is 10.7. The second kappa shape index (κ2) is 2.64. The Morgan fingerprint density at radius 2 is 2.62 bits per heavy atom. The Labute approximate surface area is 48.5 Å². The van der Waals surface area contributed by atoms with Gasteiger partial charge >= 0.3 is 0 Å². The van der Waals surface area contributed by atoms with Gasteiger partial charge in [-0.2, -0.15) is 5.53 Å². The Kier molecular flexibility index (Phi) is 1.82. The average Bonchev–Trinajstić information content (AvgIpc) is 2.19. The predicted molar refractivity (Wildman–Crippen MR) is 32.3 cm³/mol. The van der Waals surface area contributed by atoms with Crippen LogP contribution >= 0.6 is 0 Å². The smallest absolute Gasteiger partial charge is 0.100 e. The number of hydrogen-bond acceptors (Lipinski definition) is 4. The van der Waals surface area contributed by atoms with E-state index in [0.29, 0.717) is 0 Å². The van der Waals surface area contributed by atoms with Gasteiger partial charge in [-0.15, -0.1) is 0 Å². The summed E-state index contributed by atoms with van der Waals surface area (Å²) in [4.78, 5) is 3.98. The third kappa shape index (κ3) is 1.18. The topological polar surface area (TPSA) is 39.7 Å². The van der Waals surface area contributed by atoms with Crippen molar-refractivity contribution in [1.29, 1.82) is 0 Å². The summed E-state index contributed by atoms with van der Waals surface area (Å²) in [6.45, 7) is 1.86. The lowest BCUT2D eigenvalue weighted by molar-refractivity contribution is 0.299. The Morgan fingerprint density at radius 1 is 1.75 bits per heavy atom. The predicted octanol–water partition coefficient (Wildman–Crippen LogP) is -1.03. The van der Waals surface area contributed by atoms with Crippen LogP contribution in [0.4, 0.5) is 0 Å². The SMILES string of the molecule is CNNN1C=NCC1. The molecule has 0 aliphatic carbocycles. The molecule has 4 heteroatoms. The molecule has 0 spiro atoms. The van der Waals surface area contributed by atoms with Crippen LogP contribution in [0.15, 0.2) is 4.99 Å². The van der Waals surface area contributed by atoms with E-state index >= 15 is 0 Å². The number of aliphatic imine (C=N–C) groups is 1. The summed E-state index contributed by atoms with van der Waals surface area (Å²) in [6, 6.07) is 0. The molecular formula is C4H10N4. The Morgan fingerprint density at radius 3 is 3.12 bits per heavy atom. The van der Waals surface area contributed by atoms with Gasteiger partial charge in [0.2, 0.25) is 0 Å². The van der Waals surface area contributed by atoms with Crippen LogP contribution in [0.5, 0.6) is 0 Å². The van der Waals surface area contributed by atoms with E-state index in [4.69, 9.17) is 0 Å². The highest BCUT2D eigenvalue weighted by Gasteiger charge is 2.00. The van der Waals surface area contributed by atoms with E-state index in [0.717, 1.165) is 13.1 Å². The van der Waals surface area contributed by atoms with Gasteiger partial charge in [0.1, 0.15) is 6.34 Å². The maximum absolute atomic E-state index is 3.98. The average molecular weight is 114 g/mol. The molecule has 2 N–H and O–H groups in total. The van der Waals surface area contributed by atoms with E-state index in [1.807, 2.05) is 12.1 Å². The van der Waals surface area contributed by atoms with Gasteiger partial charge in [-0.25, -0.2) is 5.43 Å². The fraction of sp³-hybridized carbons (Fsp3) is 0.750. The van der Waals surface area contributed by atoms with Gasteiger partial charge in [-0.1, -0.05) is 0 Å². The first kappa shape index (κ1) is 5.53. The normalized spacial score (nSPS) is 17.9. The maximum Gasteiger partial charge on any atom is 0.100 e. The highest BCUT2D eigenvalue weighted by Crippen LogP contribution is 1.84. The molecule has 4 nitrogen and oxygen atoms in total. The molecule has 0 radical (unpaired) electrons. The second-order valence-electron chi connectivity index (χ2n) is 1.58. The lowest BCUT2D eigenvalue weighted by Crippen LogP contribution is -2.43. The molecule has 0 aromatic heterocycles. The van der Waals surface area contributed by atoms with Crippen molar-refractivity contribution in [2.24, 2.45) is 4.99 Å². The quantitative estimate of drug-likeness (QED) is 0.451. The molecule has 0 unspecified atom stereocenters. The zero-order chi connectivity index (χ0) is 5.82. The van der Waals surface area contributed by atoms with E-state index in [2.05, 4.69) is 16.0 Å². The van der Waals surface area contributed by atoms with Gasteiger partial charge in [-0.05, 0) is 0 Å². The van der Waals surface area contributed by atoms with Crippen molar-refractivity contribution in [1.82, 2.24) is 16.0 Å². The summed E-state index contributed by atoms with van der Waals surface area (Å²) < 4.78 is 0.